The molecule has 0 atom stereocenters. The van der Waals surface area contributed by atoms with Gasteiger partial charge in [0, 0.05) is 12.0 Å². The third kappa shape index (κ3) is 5.34. The van der Waals surface area contributed by atoms with E-state index in [1.54, 1.807) is 0 Å². The molecule has 7 nitrogen and oxygen atoms in total. The van der Waals surface area contributed by atoms with Crippen molar-refractivity contribution in [2.24, 2.45) is 5.92 Å². The molecular formula is C19H28N2O5. The molecule has 2 rings (SSSR count). The van der Waals surface area contributed by atoms with Crippen molar-refractivity contribution in [3.8, 4) is 11.5 Å². The smallest absolute Gasteiger partial charge is 0.296 e. The molecule has 1 fully saturated rings. The maximum atomic E-state index is 12.5. The van der Waals surface area contributed by atoms with Crippen molar-refractivity contribution < 1.29 is 19.2 Å². The number of carbonyl (C=O) groups is 1. The first-order valence-electron chi connectivity index (χ1n) is 9.45. The molecular weight excluding hydrogens is 336 g/mol. The topological polar surface area (TPSA) is 90.7 Å². The third-order valence-corrected chi connectivity index (χ3v) is 4.42. The van der Waals surface area contributed by atoms with Gasteiger partial charge >= 0.3 is 0 Å². The largest absolute Gasteiger partial charge is 0.490 e. The summed E-state index contributed by atoms with van der Waals surface area (Å²) in [5, 5.41) is 14.2. The van der Waals surface area contributed by atoms with Crippen molar-refractivity contribution in [1.82, 2.24) is 0 Å². The van der Waals surface area contributed by atoms with Gasteiger partial charge in [-0.1, -0.05) is 33.1 Å². The van der Waals surface area contributed by atoms with Crippen LogP contribution in [0.1, 0.15) is 58.8 Å². The maximum Gasteiger partial charge on any atom is 0.296 e. The minimum atomic E-state index is -0.501. The van der Waals surface area contributed by atoms with Gasteiger partial charge in [-0.25, -0.2) is 0 Å². The first kappa shape index (κ1) is 20.0. The molecule has 1 saturated carbocycles. The van der Waals surface area contributed by atoms with Gasteiger partial charge in [0.05, 0.1) is 24.2 Å². The monoisotopic (exact) mass is 364 g/mol. The summed E-state index contributed by atoms with van der Waals surface area (Å²) in [7, 11) is 0. The van der Waals surface area contributed by atoms with Crippen molar-refractivity contribution in [1.29, 1.82) is 0 Å². The highest BCUT2D eigenvalue weighted by Crippen LogP contribution is 2.39. The van der Waals surface area contributed by atoms with E-state index in [2.05, 4.69) is 5.32 Å². The van der Waals surface area contributed by atoms with E-state index in [-0.39, 0.29) is 23.2 Å². The van der Waals surface area contributed by atoms with Crippen LogP contribution in [0.15, 0.2) is 12.1 Å². The molecule has 0 bridgehead atoms. The van der Waals surface area contributed by atoms with Crippen LogP contribution in [0.25, 0.3) is 0 Å². The molecule has 1 aromatic carbocycles. The molecule has 0 aromatic heterocycles. The van der Waals surface area contributed by atoms with E-state index in [9.17, 15) is 14.9 Å². The second-order valence-electron chi connectivity index (χ2n) is 6.59. The Morgan fingerprint density at radius 2 is 1.69 bits per heavy atom. The summed E-state index contributed by atoms with van der Waals surface area (Å²) in [6.07, 6.45) is 6.42. The van der Waals surface area contributed by atoms with Gasteiger partial charge in [-0.05, 0) is 25.7 Å². The number of hydrogen-bond acceptors (Lipinski definition) is 5. The molecule has 1 N–H and O–H groups in total. The van der Waals surface area contributed by atoms with Crippen molar-refractivity contribution >= 4 is 17.3 Å². The quantitative estimate of drug-likeness (QED) is 0.507. The van der Waals surface area contributed by atoms with Gasteiger partial charge in [-0.3, -0.25) is 14.9 Å². The first-order valence-corrected chi connectivity index (χ1v) is 9.45. The number of nitro benzene ring substituents is 1. The van der Waals surface area contributed by atoms with Crippen LogP contribution in [-0.2, 0) is 4.79 Å². The zero-order chi connectivity index (χ0) is 18.9. The van der Waals surface area contributed by atoms with E-state index in [1.807, 2.05) is 13.8 Å². The van der Waals surface area contributed by atoms with Gasteiger partial charge in [0.2, 0.25) is 5.91 Å². The Labute approximate surface area is 154 Å². The molecule has 144 valence electrons. The minimum Gasteiger partial charge on any atom is -0.490 e. The number of benzene rings is 1. The Morgan fingerprint density at radius 1 is 1.12 bits per heavy atom. The average Bonchev–Trinajstić information content (AvgIpc) is 2.65. The molecule has 1 aromatic rings. The van der Waals surface area contributed by atoms with Gasteiger partial charge in [0.1, 0.15) is 5.69 Å². The Kier molecular flexibility index (Phi) is 7.69. The molecule has 1 aliphatic rings. The standard InChI is InChI=1S/C19H28N2O5/c1-3-10-25-17-12-15(20-19(22)14-8-6-5-7-9-14)16(21(23)24)13-18(17)26-11-4-2/h12-14H,3-11H2,1-2H3,(H,20,22). The molecule has 0 unspecified atom stereocenters. The van der Waals surface area contributed by atoms with Gasteiger partial charge < -0.3 is 14.8 Å². The SMILES string of the molecule is CCCOc1cc(NC(=O)C2CCCCC2)c([N+](=O)[O-])cc1OCCC. The van der Waals surface area contributed by atoms with Crippen LogP contribution < -0.4 is 14.8 Å². The number of ether oxygens (including phenoxy) is 2. The molecule has 0 aliphatic heterocycles. The molecule has 0 heterocycles. The molecule has 0 saturated heterocycles. The number of nitrogens with one attached hydrogen (secondary N) is 1. The van der Waals surface area contributed by atoms with E-state index in [4.69, 9.17) is 9.47 Å². The second kappa shape index (κ2) is 9.99. The third-order valence-electron chi connectivity index (χ3n) is 4.42. The lowest BCUT2D eigenvalue weighted by Gasteiger charge is -2.21. The van der Waals surface area contributed by atoms with E-state index in [1.165, 1.54) is 12.1 Å². The average molecular weight is 364 g/mol. The summed E-state index contributed by atoms with van der Waals surface area (Å²) in [4.78, 5) is 23.5. The Hall–Kier alpha value is -2.31. The zero-order valence-electron chi connectivity index (χ0n) is 15.6. The number of nitrogens with zero attached hydrogens (tertiary/aromatic N) is 1. The number of hydrogen-bond donors (Lipinski definition) is 1. The van der Waals surface area contributed by atoms with E-state index < -0.39 is 4.92 Å². The predicted octanol–water partition coefficient (Wildman–Crippen LogP) is 4.69. The summed E-state index contributed by atoms with van der Waals surface area (Å²) in [5.41, 5.74) is -0.00960. The van der Waals surface area contributed by atoms with Crippen LogP contribution in [0, 0.1) is 16.0 Å². The van der Waals surface area contributed by atoms with Crippen LogP contribution in [0.5, 0.6) is 11.5 Å². The molecule has 0 radical (unpaired) electrons. The predicted molar refractivity (Wildman–Crippen MR) is 99.9 cm³/mol. The van der Waals surface area contributed by atoms with Gasteiger partial charge in [0.15, 0.2) is 11.5 Å². The summed E-state index contributed by atoms with van der Waals surface area (Å²) in [5.74, 6) is 0.517. The number of anilines is 1. The molecule has 7 heteroatoms. The van der Waals surface area contributed by atoms with Gasteiger partial charge in [0.25, 0.3) is 5.69 Å². The summed E-state index contributed by atoms with van der Waals surface area (Å²) in [6, 6.07) is 2.86. The van der Waals surface area contributed by atoms with Crippen molar-refractivity contribution in [3.63, 3.8) is 0 Å². The van der Waals surface area contributed by atoms with Crippen LogP contribution in [0.4, 0.5) is 11.4 Å². The molecule has 26 heavy (non-hydrogen) atoms. The number of carbonyl (C=O) groups excluding carboxylic acids is 1. The highest BCUT2D eigenvalue weighted by atomic mass is 16.6. The second-order valence-corrected chi connectivity index (χ2v) is 6.59. The number of rotatable bonds is 9. The Morgan fingerprint density at radius 3 is 2.23 bits per heavy atom. The van der Waals surface area contributed by atoms with Crippen LogP contribution in [0.3, 0.4) is 0 Å². The van der Waals surface area contributed by atoms with Crippen LogP contribution >= 0.6 is 0 Å². The number of nitro groups is 1. The Balaban J connectivity index is 2.29. The minimum absolute atomic E-state index is 0.0839. The van der Waals surface area contributed by atoms with Gasteiger partial charge in [-0.15, -0.1) is 0 Å². The fourth-order valence-electron chi connectivity index (χ4n) is 3.05. The fourth-order valence-corrected chi connectivity index (χ4v) is 3.05. The van der Waals surface area contributed by atoms with E-state index >= 15 is 0 Å². The van der Waals surface area contributed by atoms with Gasteiger partial charge in [-0.2, -0.15) is 0 Å². The highest BCUT2D eigenvalue weighted by molar-refractivity contribution is 5.95. The normalized spacial score (nSPS) is 14.7. The van der Waals surface area contributed by atoms with E-state index in [0.29, 0.717) is 24.7 Å². The van der Waals surface area contributed by atoms with E-state index in [0.717, 1.165) is 44.9 Å². The van der Waals surface area contributed by atoms with Crippen LogP contribution in [-0.4, -0.2) is 24.0 Å². The summed E-state index contributed by atoms with van der Waals surface area (Å²) < 4.78 is 11.3. The summed E-state index contributed by atoms with van der Waals surface area (Å²) >= 11 is 0. The fraction of sp³-hybridized carbons (Fsp3) is 0.632. The van der Waals surface area contributed by atoms with Crippen molar-refractivity contribution in [3.05, 3.63) is 22.2 Å². The zero-order valence-corrected chi connectivity index (χ0v) is 15.6. The summed E-state index contributed by atoms with van der Waals surface area (Å²) in [6.45, 7) is 4.84. The maximum absolute atomic E-state index is 12.5. The lowest BCUT2D eigenvalue weighted by Crippen LogP contribution is -2.25. The van der Waals surface area contributed by atoms with Crippen LogP contribution in [0.2, 0.25) is 0 Å². The lowest BCUT2D eigenvalue weighted by molar-refractivity contribution is -0.384. The van der Waals surface area contributed by atoms with Crippen molar-refractivity contribution in [2.45, 2.75) is 58.8 Å². The first-order chi connectivity index (χ1) is 12.6. The molecule has 0 spiro atoms. The number of amides is 1. The van der Waals surface area contributed by atoms with Crippen molar-refractivity contribution in [2.75, 3.05) is 18.5 Å². The lowest BCUT2D eigenvalue weighted by atomic mass is 9.88. The highest BCUT2D eigenvalue weighted by Gasteiger charge is 2.26. The molecule has 1 aliphatic carbocycles. The molecule has 1 amide bonds. The Bertz CT molecular complexity index is 627.